The molecule has 2 rings (SSSR count). The first-order valence-electron chi connectivity index (χ1n) is 10.0. The first-order chi connectivity index (χ1) is 13.7. The topological polar surface area (TPSA) is 42.0 Å². The molecule has 1 aromatic rings. The van der Waals surface area contributed by atoms with Crippen LogP contribution in [0.5, 0.6) is 5.75 Å². The maximum Gasteiger partial charge on any atom is 0.416 e. The molecule has 1 aliphatic rings. The van der Waals surface area contributed by atoms with Crippen molar-refractivity contribution in [1.29, 1.82) is 0 Å². The van der Waals surface area contributed by atoms with E-state index in [1.165, 1.54) is 4.90 Å². The lowest BCUT2D eigenvalue weighted by Gasteiger charge is -2.34. The molecule has 1 saturated carbocycles. The van der Waals surface area contributed by atoms with E-state index in [4.69, 9.17) is 9.47 Å². The lowest BCUT2D eigenvalue weighted by atomic mass is 9.92. The fourth-order valence-electron chi connectivity index (χ4n) is 3.41. The molecule has 0 saturated heterocycles. The predicted molar refractivity (Wildman–Crippen MR) is 105 cm³/mol. The Morgan fingerprint density at radius 1 is 1.03 bits per heavy atom. The van der Waals surface area contributed by atoms with Gasteiger partial charge in [-0.1, -0.05) is 0 Å². The van der Waals surface area contributed by atoms with Crippen LogP contribution in [0.1, 0.15) is 44.1 Å². The van der Waals surface area contributed by atoms with Gasteiger partial charge in [-0.3, -0.25) is 0 Å². The first-order valence-corrected chi connectivity index (χ1v) is 10.0. The molecule has 0 heterocycles. The smallest absolute Gasteiger partial charge is 0.410 e. The molecule has 29 heavy (non-hydrogen) atoms. The Morgan fingerprint density at radius 3 is 2.21 bits per heavy atom. The highest BCUT2D eigenvalue weighted by Crippen LogP contribution is 2.30. The minimum absolute atomic E-state index is 0.0468. The fourth-order valence-corrected chi connectivity index (χ4v) is 3.41. The summed E-state index contributed by atoms with van der Waals surface area (Å²) in [7, 11) is 5.78. The van der Waals surface area contributed by atoms with Crippen LogP contribution in [-0.4, -0.2) is 62.3 Å². The second-order valence-corrected chi connectivity index (χ2v) is 7.81. The molecule has 164 valence electrons. The molecule has 0 bridgehead atoms. The van der Waals surface area contributed by atoms with E-state index >= 15 is 0 Å². The van der Waals surface area contributed by atoms with Gasteiger partial charge in [0, 0.05) is 19.7 Å². The molecule has 0 aromatic heterocycles. The Bertz CT molecular complexity index is 627. The van der Waals surface area contributed by atoms with Crippen molar-refractivity contribution in [2.75, 3.05) is 34.3 Å². The van der Waals surface area contributed by atoms with Gasteiger partial charge in [0.05, 0.1) is 11.7 Å². The van der Waals surface area contributed by atoms with Gasteiger partial charge in [0.15, 0.2) is 0 Å². The van der Waals surface area contributed by atoms with Crippen LogP contribution in [0.4, 0.5) is 18.0 Å². The quantitative estimate of drug-likeness (QED) is 0.571. The third-order valence-electron chi connectivity index (χ3n) is 5.22. The monoisotopic (exact) mass is 416 g/mol. The SMILES string of the molecule is CN(C)CCCCOC1CCC(N(C)C(=O)Oc2ccc(C(F)(F)F)cc2)CC1. The van der Waals surface area contributed by atoms with Crippen LogP contribution in [0.25, 0.3) is 0 Å². The van der Waals surface area contributed by atoms with Gasteiger partial charge >= 0.3 is 12.3 Å². The van der Waals surface area contributed by atoms with Crippen LogP contribution in [0.2, 0.25) is 0 Å². The van der Waals surface area contributed by atoms with E-state index in [9.17, 15) is 18.0 Å². The minimum Gasteiger partial charge on any atom is -0.410 e. The van der Waals surface area contributed by atoms with Crippen molar-refractivity contribution in [3.05, 3.63) is 29.8 Å². The lowest BCUT2D eigenvalue weighted by Crippen LogP contribution is -2.42. The molecule has 0 spiro atoms. The fraction of sp³-hybridized carbons (Fsp3) is 0.667. The molecule has 1 aliphatic carbocycles. The van der Waals surface area contributed by atoms with E-state index < -0.39 is 17.8 Å². The van der Waals surface area contributed by atoms with E-state index in [0.717, 1.165) is 75.9 Å². The summed E-state index contributed by atoms with van der Waals surface area (Å²) in [6.07, 6.45) is 0.821. The molecule has 1 aromatic carbocycles. The number of carbonyl (C=O) groups excluding carboxylic acids is 1. The summed E-state index contributed by atoms with van der Waals surface area (Å²) < 4.78 is 49.0. The number of amides is 1. The molecule has 8 heteroatoms. The zero-order chi connectivity index (χ0) is 21.4. The summed E-state index contributed by atoms with van der Waals surface area (Å²) >= 11 is 0. The summed E-state index contributed by atoms with van der Waals surface area (Å²) in [4.78, 5) is 16.0. The maximum atomic E-state index is 12.6. The summed E-state index contributed by atoms with van der Waals surface area (Å²) in [5.41, 5.74) is -0.773. The Labute approximate surface area is 170 Å². The van der Waals surface area contributed by atoms with Gasteiger partial charge < -0.3 is 19.3 Å². The highest BCUT2D eigenvalue weighted by Gasteiger charge is 2.31. The Balaban J connectivity index is 1.71. The van der Waals surface area contributed by atoms with E-state index in [2.05, 4.69) is 19.0 Å². The third-order valence-corrected chi connectivity index (χ3v) is 5.22. The van der Waals surface area contributed by atoms with Crippen molar-refractivity contribution in [3.63, 3.8) is 0 Å². The average Bonchev–Trinajstić information content (AvgIpc) is 2.67. The molecular weight excluding hydrogens is 385 g/mol. The van der Waals surface area contributed by atoms with Crippen LogP contribution in [0, 0.1) is 0 Å². The van der Waals surface area contributed by atoms with Crippen molar-refractivity contribution in [1.82, 2.24) is 9.80 Å². The molecule has 0 atom stereocenters. The summed E-state index contributed by atoms with van der Waals surface area (Å²) in [5.74, 6) is 0.101. The van der Waals surface area contributed by atoms with Crippen LogP contribution in [0.15, 0.2) is 24.3 Å². The lowest BCUT2D eigenvalue weighted by molar-refractivity contribution is -0.137. The number of benzene rings is 1. The zero-order valence-corrected chi connectivity index (χ0v) is 17.4. The summed E-state index contributed by atoms with van der Waals surface area (Å²) in [6, 6.07) is 4.18. The van der Waals surface area contributed by atoms with Crippen LogP contribution < -0.4 is 4.74 Å². The van der Waals surface area contributed by atoms with Gasteiger partial charge in [0.2, 0.25) is 0 Å². The highest BCUT2D eigenvalue weighted by atomic mass is 19.4. The number of carbonyl (C=O) groups is 1. The minimum atomic E-state index is -4.41. The van der Waals surface area contributed by atoms with Gasteiger partial charge in [-0.15, -0.1) is 0 Å². The van der Waals surface area contributed by atoms with Gasteiger partial charge in [-0.05, 0) is 83.4 Å². The van der Waals surface area contributed by atoms with Crippen molar-refractivity contribution in [2.45, 2.75) is 56.8 Å². The average molecular weight is 416 g/mol. The molecule has 0 unspecified atom stereocenters. The summed E-state index contributed by atoms with van der Waals surface area (Å²) in [6.45, 7) is 1.82. The molecular formula is C21H31F3N2O3. The number of nitrogens with zero attached hydrogens (tertiary/aromatic N) is 2. The molecule has 1 amide bonds. The van der Waals surface area contributed by atoms with Crippen molar-refractivity contribution in [2.24, 2.45) is 0 Å². The van der Waals surface area contributed by atoms with Crippen molar-refractivity contribution in [3.8, 4) is 5.75 Å². The molecule has 0 N–H and O–H groups in total. The van der Waals surface area contributed by atoms with Crippen molar-refractivity contribution >= 4 is 6.09 Å². The van der Waals surface area contributed by atoms with Crippen LogP contribution in [-0.2, 0) is 10.9 Å². The Morgan fingerprint density at radius 2 is 1.66 bits per heavy atom. The number of hydrogen-bond acceptors (Lipinski definition) is 4. The van der Waals surface area contributed by atoms with Gasteiger partial charge in [-0.2, -0.15) is 13.2 Å². The standard InChI is InChI=1S/C21H31F3N2O3/c1-25(2)14-4-5-15-28-18-12-8-17(9-13-18)26(3)20(27)29-19-10-6-16(7-11-19)21(22,23)24/h6-7,10-11,17-18H,4-5,8-9,12-15H2,1-3H3. The number of rotatable bonds is 8. The second-order valence-electron chi connectivity index (χ2n) is 7.81. The van der Waals surface area contributed by atoms with Gasteiger partial charge in [0.25, 0.3) is 0 Å². The number of unbranched alkanes of at least 4 members (excludes halogenated alkanes) is 1. The summed E-state index contributed by atoms with van der Waals surface area (Å²) in [5, 5.41) is 0. The zero-order valence-electron chi connectivity index (χ0n) is 17.4. The number of alkyl halides is 3. The highest BCUT2D eigenvalue weighted by molar-refractivity contribution is 5.70. The van der Waals surface area contributed by atoms with Crippen LogP contribution >= 0.6 is 0 Å². The van der Waals surface area contributed by atoms with E-state index in [1.807, 2.05) is 0 Å². The first kappa shape index (κ1) is 23.5. The largest absolute Gasteiger partial charge is 0.416 e. The number of ether oxygens (including phenoxy) is 2. The molecule has 5 nitrogen and oxygen atoms in total. The maximum absolute atomic E-state index is 12.6. The van der Waals surface area contributed by atoms with Gasteiger partial charge in [0.1, 0.15) is 5.75 Å². The molecule has 0 radical (unpaired) electrons. The van der Waals surface area contributed by atoms with E-state index in [0.29, 0.717) is 0 Å². The molecule has 0 aliphatic heterocycles. The Hall–Kier alpha value is -1.80. The Kier molecular flexibility index (Phi) is 8.77. The second kappa shape index (κ2) is 10.8. The normalized spacial score (nSPS) is 20.0. The number of hydrogen-bond donors (Lipinski definition) is 0. The number of halogens is 3. The van der Waals surface area contributed by atoms with Gasteiger partial charge in [-0.25, -0.2) is 4.79 Å². The van der Waals surface area contributed by atoms with E-state index in [1.54, 1.807) is 7.05 Å². The third kappa shape index (κ3) is 7.85. The van der Waals surface area contributed by atoms with Crippen molar-refractivity contribution < 1.29 is 27.4 Å². The van der Waals surface area contributed by atoms with Crippen LogP contribution in [0.3, 0.4) is 0 Å². The van der Waals surface area contributed by atoms with E-state index in [-0.39, 0.29) is 17.9 Å². The molecule has 1 fully saturated rings. The predicted octanol–water partition coefficient (Wildman–Crippen LogP) is 4.81.